The van der Waals surface area contributed by atoms with Crippen molar-refractivity contribution in [3.63, 3.8) is 0 Å². The van der Waals surface area contributed by atoms with Gasteiger partial charge in [0, 0.05) is 12.1 Å². The summed E-state index contributed by atoms with van der Waals surface area (Å²) in [6.07, 6.45) is 1.43. The lowest BCUT2D eigenvalue weighted by molar-refractivity contribution is 0.112. The molecule has 1 N–H and O–H groups in total. The van der Waals surface area contributed by atoms with Crippen molar-refractivity contribution in [2.75, 3.05) is 13.7 Å². The number of carbonyl (C=O) groups is 1. The van der Waals surface area contributed by atoms with Gasteiger partial charge in [-0.15, -0.1) is 0 Å². The van der Waals surface area contributed by atoms with Gasteiger partial charge in [-0.2, -0.15) is 0 Å². The first kappa shape index (κ1) is 15.9. The zero-order valence-electron chi connectivity index (χ0n) is 13.3. The van der Waals surface area contributed by atoms with Gasteiger partial charge in [0.25, 0.3) is 0 Å². The third-order valence-electron chi connectivity index (χ3n) is 3.79. The van der Waals surface area contributed by atoms with Crippen molar-refractivity contribution in [2.24, 2.45) is 0 Å². The second-order valence-electron chi connectivity index (χ2n) is 5.33. The number of aromatic amines is 1. The number of para-hydroxylation sites is 2. The normalized spacial score (nSPS) is 10.7. The fraction of sp³-hybridized carbons (Fsp3) is 0.222. The molecule has 0 amide bonds. The second-order valence-corrected chi connectivity index (χ2v) is 5.33. The van der Waals surface area contributed by atoms with Gasteiger partial charge in [-0.1, -0.05) is 12.1 Å². The molecule has 0 spiro atoms. The van der Waals surface area contributed by atoms with Crippen LogP contribution in [0.5, 0.6) is 11.5 Å². The van der Waals surface area contributed by atoms with E-state index in [1.165, 1.54) is 7.11 Å². The van der Waals surface area contributed by atoms with Crippen LogP contribution in [-0.4, -0.2) is 29.6 Å². The van der Waals surface area contributed by atoms with Crippen LogP contribution in [0.15, 0.2) is 47.3 Å². The van der Waals surface area contributed by atoms with Gasteiger partial charge in [0.1, 0.15) is 6.29 Å². The van der Waals surface area contributed by atoms with Crippen LogP contribution in [-0.2, 0) is 6.54 Å². The zero-order chi connectivity index (χ0) is 16.9. The zero-order valence-corrected chi connectivity index (χ0v) is 13.3. The van der Waals surface area contributed by atoms with Gasteiger partial charge in [-0.3, -0.25) is 9.36 Å². The molecule has 1 aromatic heterocycles. The summed E-state index contributed by atoms with van der Waals surface area (Å²) in [5.74, 6) is 1.10. The Hall–Kier alpha value is -3.02. The van der Waals surface area contributed by atoms with Crippen molar-refractivity contribution >= 4 is 17.3 Å². The summed E-state index contributed by atoms with van der Waals surface area (Å²) in [6.45, 7) is 0.986. The van der Waals surface area contributed by atoms with Gasteiger partial charge < -0.3 is 14.5 Å². The van der Waals surface area contributed by atoms with Gasteiger partial charge >= 0.3 is 5.69 Å². The van der Waals surface area contributed by atoms with E-state index in [-0.39, 0.29) is 5.69 Å². The first-order chi connectivity index (χ1) is 11.7. The Kier molecular flexibility index (Phi) is 4.65. The highest BCUT2D eigenvalue weighted by Crippen LogP contribution is 2.27. The van der Waals surface area contributed by atoms with E-state index in [1.807, 2.05) is 24.3 Å². The number of H-pyrrole nitrogens is 1. The average molecular weight is 326 g/mol. The molecule has 24 heavy (non-hydrogen) atoms. The molecule has 6 heteroatoms. The lowest BCUT2D eigenvalue weighted by Gasteiger charge is -2.11. The Morgan fingerprint density at radius 2 is 2.00 bits per heavy atom. The quantitative estimate of drug-likeness (QED) is 0.535. The molecule has 2 aromatic carbocycles. The molecule has 0 aliphatic heterocycles. The topological polar surface area (TPSA) is 73.3 Å². The monoisotopic (exact) mass is 326 g/mol. The number of hydrogen-bond acceptors (Lipinski definition) is 4. The summed E-state index contributed by atoms with van der Waals surface area (Å²) in [5, 5.41) is 0. The van der Waals surface area contributed by atoms with Gasteiger partial charge in [-0.25, -0.2) is 4.79 Å². The molecular weight excluding hydrogens is 308 g/mol. The molecule has 3 rings (SSSR count). The molecule has 124 valence electrons. The van der Waals surface area contributed by atoms with Gasteiger partial charge in [-0.05, 0) is 36.8 Å². The fourth-order valence-electron chi connectivity index (χ4n) is 2.61. The third-order valence-corrected chi connectivity index (χ3v) is 3.79. The van der Waals surface area contributed by atoms with Crippen LogP contribution in [0.3, 0.4) is 0 Å². The van der Waals surface area contributed by atoms with Gasteiger partial charge in [0.2, 0.25) is 0 Å². The Bertz CT molecular complexity index is 911. The molecule has 0 unspecified atom stereocenters. The van der Waals surface area contributed by atoms with Crippen LogP contribution in [0.4, 0.5) is 0 Å². The number of aromatic nitrogens is 2. The predicted octanol–water partition coefficient (Wildman–Crippen LogP) is 2.62. The molecule has 0 fully saturated rings. The number of hydrogen-bond donors (Lipinski definition) is 1. The summed E-state index contributed by atoms with van der Waals surface area (Å²) in [5.41, 5.74) is 2.12. The fourth-order valence-corrected chi connectivity index (χ4v) is 2.61. The van der Waals surface area contributed by atoms with Gasteiger partial charge in [0.05, 0.1) is 24.8 Å². The largest absolute Gasteiger partial charge is 0.493 e. The van der Waals surface area contributed by atoms with E-state index in [1.54, 1.807) is 22.8 Å². The van der Waals surface area contributed by atoms with Crippen LogP contribution in [0.2, 0.25) is 0 Å². The molecule has 0 aliphatic rings. The van der Waals surface area contributed by atoms with Crippen molar-refractivity contribution < 1.29 is 14.3 Å². The number of rotatable bonds is 7. The number of carbonyl (C=O) groups excluding carboxylic acids is 1. The predicted molar refractivity (Wildman–Crippen MR) is 91.1 cm³/mol. The van der Waals surface area contributed by atoms with Crippen LogP contribution >= 0.6 is 0 Å². The van der Waals surface area contributed by atoms with Crippen LogP contribution in [0, 0.1) is 0 Å². The van der Waals surface area contributed by atoms with E-state index >= 15 is 0 Å². The number of methoxy groups -OCH3 is 1. The summed E-state index contributed by atoms with van der Waals surface area (Å²) in [6, 6.07) is 12.6. The average Bonchev–Trinajstić information content (AvgIpc) is 2.94. The number of imidazole rings is 1. The summed E-state index contributed by atoms with van der Waals surface area (Å²) in [4.78, 5) is 25.6. The maximum Gasteiger partial charge on any atom is 0.326 e. The first-order valence-electron chi connectivity index (χ1n) is 7.66. The molecular formula is C18H18N2O4. The molecule has 0 radical (unpaired) electrons. The second kappa shape index (κ2) is 7.04. The molecule has 0 saturated heterocycles. The van der Waals surface area contributed by atoms with Crippen LogP contribution in [0.25, 0.3) is 11.0 Å². The molecule has 0 aliphatic carbocycles. The number of aryl methyl sites for hydroxylation is 1. The number of fused-ring (bicyclic) bond motifs is 1. The summed E-state index contributed by atoms with van der Waals surface area (Å²) in [7, 11) is 1.53. The SMILES string of the molecule is COc1cc(C=O)ccc1OCCCn1c(=O)[nH]c2ccccc21. The van der Waals surface area contributed by atoms with E-state index < -0.39 is 0 Å². The maximum atomic E-state index is 12.0. The standard InChI is InChI=1S/C18H18N2O4/c1-23-17-11-13(12-21)7-8-16(17)24-10-4-9-20-15-6-3-2-5-14(15)19-18(20)22/h2-3,5-8,11-12H,4,9-10H2,1H3,(H,19,22). The minimum atomic E-state index is -0.121. The lowest BCUT2D eigenvalue weighted by atomic mass is 10.2. The number of benzene rings is 2. The van der Waals surface area contributed by atoms with Crippen molar-refractivity contribution in [3.05, 3.63) is 58.5 Å². The van der Waals surface area contributed by atoms with Crippen LogP contribution in [0.1, 0.15) is 16.8 Å². The van der Waals surface area contributed by atoms with E-state index in [2.05, 4.69) is 4.98 Å². The third kappa shape index (κ3) is 3.17. The molecule has 0 atom stereocenters. The van der Waals surface area contributed by atoms with E-state index in [9.17, 15) is 9.59 Å². The maximum absolute atomic E-state index is 12.0. The molecule has 0 saturated carbocycles. The highest BCUT2D eigenvalue weighted by molar-refractivity contribution is 5.76. The summed E-state index contributed by atoms with van der Waals surface area (Å²) < 4.78 is 12.6. The lowest BCUT2D eigenvalue weighted by Crippen LogP contribution is -2.18. The minimum Gasteiger partial charge on any atom is -0.493 e. The minimum absolute atomic E-state index is 0.121. The van der Waals surface area contributed by atoms with Crippen LogP contribution < -0.4 is 15.2 Å². The number of ether oxygens (including phenoxy) is 2. The molecule has 3 aromatic rings. The Labute approximate surface area is 138 Å². The van der Waals surface area contributed by atoms with Crippen molar-refractivity contribution in [1.29, 1.82) is 0 Å². The number of nitrogens with one attached hydrogen (secondary N) is 1. The smallest absolute Gasteiger partial charge is 0.326 e. The number of nitrogens with zero attached hydrogens (tertiary/aromatic N) is 1. The highest BCUT2D eigenvalue weighted by atomic mass is 16.5. The summed E-state index contributed by atoms with van der Waals surface area (Å²) >= 11 is 0. The van der Waals surface area contributed by atoms with Crippen molar-refractivity contribution in [1.82, 2.24) is 9.55 Å². The molecule has 0 bridgehead atoms. The Balaban J connectivity index is 1.64. The first-order valence-corrected chi connectivity index (χ1v) is 7.66. The molecule has 6 nitrogen and oxygen atoms in total. The van der Waals surface area contributed by atoms with Gasteiger partial charge in [0.15, 0.2) is 11.5 Å². The molecule has 1 heterocycles. The Morgan fingerprint density at radius 1 is 1.17 bits per heavy atom. The van der Waals surface area contributed by atoms with Crippen molar-refractivity contribution in [3.8, 4) is 11.5 Å². The van der Waals surface area contributed by atoms with E-state index in [4.69, 9.17) is 9.47 Å². The van der Waals surface area contributed by atoms with E-state index in [0.29, 0.717) is 36.6 Å². The van der Waals surface area contributed by atoms with E-state index in [0.717, 1.165) is 17.3 Å². The van der Waals surface area contributed by atoms with Crippen molar-refractivity contribution in [2.45, 2.75) is 13.0 Å². The number of aldehydes is 1. The highest BCUT2D eigenvalue weighted by Gasteiger charge is 2.07. The Morgan fingerprint density at radius 3 is 2.79 bits per heavy atom.